The standard InChI is InChI=1S/C8H15NO2S/c1-3-4-9-8(10)7-12-6-5-11-2/h3H,1,4-7H2,2H3,(H,9,10). The molecule has 0 saturated carbocycles. The van der Waals surface area contributed by atoms with Crippen molar-refractivity contribution in [2.24, 2.45) is 0 Å². The van der Waals surface area contributed by atoms with E-state index in [4.69, 9.17) is 4.74 Å². The van der Waals surface area contributed by atoms with Crippen LogP contribution >= 0.6 is 11.8 Å². The first-order valence-electron chi connectivity index (χ1n) is 3.75. The lowest BCUT2D eigenvalue weighted by atomic mass is 10.6. The minimum Gasteiger partial charge on any atom is -0.384 e. The highest BCUT2D eigenvalue weighted by Crippen LogP contribution is 1.97. The molecule has 0 radical (unpaired) electrons. The molecule has 0 unspecified atom stereocenters. The van der Waals surface area contributed by atoms with E-state index in [1.807, 2.05) is 0 Å². The first-order valence-corrected chi connectivity index (χ1v) is 4.91. The molecule has 0 saturated heterocycles. The number of amides is 1. The zero-order valence-corrected chi connectivity index (χ0v) is 8.15. The van der Waals surface area contributed by atoms with Gasteiger partial charge < -0.3 is 10.1 Å². The first kappa shape index (κ1) is 11.5. The number of methoxy groups -OCH3 is 1. The summed E-state index contributed by atoms with van der Waals surface area (Å²) in [5.41, 5.74) is 0. The van der Waals surface area contributed by atoms with E-state index in [2.05, 4.69) is 11.9 Å². The van der Waals surface area contributed by atoms with E-state index >= 15 is 0 Å². The maximum atomic E-state index is 10.9. The Morgan fingerprint density at radius 1 is 1.75 bits per heavy atom. The minimum absolute atomic E-state index is 0.0519. The molecule has 70 valence electrons. The molecule has 0 fully saturated rings. The number of carbonyl (C=O) groups excluding carboxylic acids is 1. The fourth-order valence-corrected chi connectivity index (χ4v) is 1.26. The van der Waals surface area contributed by atoms with Gasteiger partial charge in [-0.05, 0) is 0 Å². The Morgan fingerprint density at radius 2 is 2.50 bits per heavy atom. The summed E-state index contributed by atoms with van der Waals surface area (Å²) in [5.74, 6) is 1.41. The third-order valence-electron chi connectivity index (χ3n) is 1.11. The lowest BCUT2D eigenvalue weighted by Gasteiger charge is -2.01. The zero-order valence-electron chi connectivity index (χ0n) is 7.34. The molecule has 0 aromatic heterocycles. The summed E-state index contributed by atoms with van der Waals surface area (Å²) >= 11 is 1.57. The van der Waals surface area contributed by atoms with Gasteiger partial charge in [0.1, 0.15) is 0 Å². The topological polar surface area (TPSA) is 38.3 Å². The fourth-order valence-electron chi connectivity index (χ4n) is 0.544. The van der Waals surface area contributed by atoms with Crippen LogP contribution in [0.15, 0.2) is 12.7 Å². The fraction of sp³-hybridized carbons (Fsp3) is 0.625. The summed E-state index contributed by atoms with van der Waals surface area (Å²) in [4.78, 5) is 10.9. The molecule has 0 aliphatic heterocycles. The Bertz CT molecular complexity index is 139. The average molecular weight is 189 g/mol. The maximum Gasteiger partial charge on any atom is 0.230 e. The second kappa shape index (κ2) is 8.62. The molecular formula is C8H15NO2S. The van der Waals surface area contributed by atoms with Crippen molar-refractivity contribution >= 4 is 17.7 Å². The second-order valence-electron chi connectivity index (χ2n) is 2.14. The van der Waals surface area contributed by atoms with Crippen LogP contribution in [0.4, 0.5) is 0 Å². The van der Waals surface area contributed by atoms with E-state index in [9.17, 15) is 4.79 Å². The van der Waals surface area contributed by atoms with Crippen LogP contribution < -0.4 is 5.32 Å². The molecule has 0 aliphatic rings. The number of nitrogens with one attached hydrogen (secondary N) is 1. The molecule has 0 heterocycles. The molecule has 0 aliphatic carbocycles. The quantitative estimate of drug-likeness (QED) is 0.472. The summed E-state index contributed by atoms with van der Waals surface area (Å²) < 4.78 is 4.84. The largest absolute Gasteiger partial charge is 0.384 e. The van der Waals surface area contributed by atoms with Crippen molar-refractivity contribution in [3.8, 4) is 0 Å². The highest BCUT2D eigenvalue weighted by molar-refractivity contribution is 7.99. The maximum absolute atomic E-state index is 10.9. The van der Waals surface area contributed by atoms with Gasteiger partial charge in [0.05, 0.1) is 12.4 Å². The first-order chi connectivity index (χ1) is 5.81. The average Bonchev–Trinajstić information content (AvgIpc) is 2.09. The van der Waals surface area contributed by atoms with Gasteiger partial charge in [-0.15, -0.1) is 18.3 Å². The van der Waals surface area contributed by atoms with Crippen molar-refractivity contribution in [2.45, 2.75) is 0 Å². The number of ether oxygens (including phenoxy) is 1. The van der Waals surface area contributed by atoms with Gasteiger partial charge >= 0.3 is 0 Å². The molecule has 12 heavy (non-hydrogen) atoms. The van der Waals surface area contributed by atoms with E-state index in [1.54, 1.807) is 24.9 Å². The van der Waals surface area contributed by atoms with E-state index in [-0.39, 0.29) is 5.91 Å². The van der Waals surface area contributed by atoms with Gasteiger partial charge in [0.25, 0.3) is 0 Å². The highest BCUT2D eigenvalue weighted by atomic mass is 32.2. The zero-order chi connectivity index (χ0) is 9.23. The van der Waals surface area contributed by atoms with Crippen LogP contribution in [0.25, 0.3) is 0 Å². The van der Waals surface area contributed by atoms with E-state index in [0.29, 0.717) is 18.9 Å². The molecule has 0 atom stereocenters. The molecule has 0 bridgehead atoms. The van der Waals surface area contributed by atoms with Crippen LogP contribution in [0.5, 0.6) is 0 Å². The van der Waals surface area contributed by atoms with Gasteiger partial charge in [-0.25, -0.2) is 0 Å². The monoisotopic (exact) mass is 189 g/mol. The van der Waals surface area contributed by atoms with Gasteiger partial charge in [-0.1, -0.05) is 6.08 Å². The Labute approximate surface area is 77.6 Å². The molecule has 4 heteroatoms. The number of hydrogen-bond donors (Lipinski definition) is 1. The van der Waals surface area contributed by atoms with Gasteiger partial charge in [-0.2, -0.15) is 0 Å². The van der Waals surface area contributed by atoms with Gasteiger partial charge in [-0.3, -0.25) is 4.79 Å². The van der Waals surface area contributed by atoms with Crippen LogP contribution in [0.1, 0.15) is 0 Å². The number of hydrogen-bond acceptors (Lipinski definition) is 3. The SMILES string of the molecule is C=CCNC(=O)CSCCOC. The summed E-state index contributed by atoms with van der Waals surface area (Å²) in [6, 6.07) is 0. The van der Waals surface area contributed by atoms with E-state index in [1.165, 1.54) is 0 Å². The summed E-state index contributed by atoms with van der Waals surface area (Å²) in [6.45, 7) is 4.74. The van der Waals surface area contributed by atoms with Crippen molar-refractivity contribution in [1.82, 2.24) is 5.32 Å². The van der Waals surface area contributed by atoms with Crippen molar-refractivity contribution in [3.05, 3.63) is 12.7 Å². The highest BCUT2D eigenvalue weighted by Gasteiger charge is 1.97. The molecule has 0 rings (SSSR count). The molecule has 0 aromatic carbocycles. The molecule has 1 N–H and O–H groups in total. The lowest BCUT2D eigenvalue weighted by molar-refractivity contribution is -0.118. The molecule has 0 spiro atoms. The summed E-state index contributed by atoms with van der Waals surface area (Å²) in [6.07, 6.45) is 1.66. The third-order valence-corrected chi connectivity index (χ3v) is 2.03. The molecule has 0 aromatic rings. The van der Waals surface area contributed by atoms with Crippen LogP contribution in [0.2, 0.25) is 0 Å². The van der Waals surface area contributed by atoms with Crippen LogP contribution in [-0.2, 0) is 9.53 Å². The minimum atomic E-state index is 0.0519. The molecular weight excluding hydrogens is 174 g/mol. The summed E-state index contributed by atoms with van der Waals surface area (Å²) in [7, 11) is 1.65. The normalized spacial score (nSPS) is 9.42. The van der Waals surface area contributed by atoms with Crippen molar-refractivity contribution in [3.63, 3.8) is 0 Å². The number of rotatable bonds is 7. The van der Waals surface area contributed by atoms with Crippen molar-refractivity contribution in [2.75, 3.05) is 31.8 Å². The molecule has 1 amide bonds. The van der Waals surface area contributed by atoms with Crippen LogP contribution in [-0.4, -0.2) is 37.7 Å². The van der Waals surface area contributed by atoms with E-state index in [0.717, 1.165) is 5.75 Å². The van der Waals surface area contributed by atoms with Crippen molar-refractivity contribution in [1.29, 1.82) is 0 Å². The van der Waals surface area contributed by atoms with Gasteiger partial charge in [0.15, 0.2) is 0 Å². The Balaban J connectivity index is 3.13. The van der Waals surface area contributed by atoms with Crippen molar-refractivity contribution < 1.29 is 9.53 Å². The predicted molar refractivity (Wildman–Crippen MR) is 52.4 cm³/mol. The van der Waals surface area contributed by atoms with Gasteiger partial charge in [0, 0.05) is 19.4 Å². The number of thioether (sulfide) groups is 1. The lowest BCUT2D eigenvalue weighted by Crippen LogP contribution is -2.25. The third kappa shape index (κ3) is 7.63. The van der Waals surface area contributed by atoms with Crippen LogP contribution in [0, 0.1) is 0 Å². The molecule has 3 nitrogen and oxygen atoms in total. The van der Waals surface area contributed by atoms with Gasteiger partial charge in [0.2, 0.25) is 5.91 Å². The Kier molecular flexibility index (Phi) is 8.27. The number of carbonyl (C=O) groups is 1. The van der Waals surface area contributed by atoms with E-state index < -0.39 is 0 Å². The predicted octanol–water partition coefficient (Wildman–Crippen LogP) is 0.668. The second-order valence-corrected chi connectivity index (χ2v) is 3.24. The Morgan fingerprint density at radius 3 is 3.08 bits per heavy atom. The summed E-state index contributed by atoms with van der Waals surface area (Å²) in [5, 5.41) is 2.69. The smallest absolute Gasteiger partial charge is 0.230 e. The Hall–Kier alpha value is -0.480. The van der Waals surface area contributed by atoms with Crippen LogP contribution in [0.3, 0.4) is 0 Å².